The number of carbonyl (C=O) groups excluding carboxylic acids is 1. The SMILES string of the molecule is COc1ccccc1C1(c2ccccc2Br)N=C([O-])NC1=O. The Bertz CT molecular complexity index is 775. The third-order valence-corrected chi connectivity index (χ3v) is 4.27. The lowest BCUT2D eigenvalue weighted by Crippen LogP contribution is -2.41. The first-order valence-corrected chi connectivity index (χ1v) is 7.35. The lowest BCUT2D eigenvalue weighted by Gasteiger charge is -2.27. The molecule has 0 aliphatic carbocycles. The molecule has 0 radical (unpaired) electrons. The van der Waals surface area contributed by atoms with Crippen LogP contribution in [0.1, 0.15) is 11.1 Å². The molecule has 1 aliphatic heterocycles. The molecule has 1 atom stereocenters. The van der Waals surface area contributed by atoms with Crippen LogP contribution in [0.5, 0.6) is 5.75 Å². The van der Waals surface area contributed by atoms with Gasteiger partial charge in [0.15, 0.2) is 5.54 Å². The molecule has 5 nitrogen and oxygen atoms in total. The first kappa shape index (κ1) is 14.6. The molecule has 0 fully saturated rings. The molecule has 0 aromatic heterocycles. The van der Waals surface area contributed by atoms with Crippen LogP contribution < -0.4 is 15.2 Å². The highest BCUT2D eigenvalue weighted by atomic mass is 79.9. The van der Waals surface area contributed by atoms with Crippen molar-refractivity contribution in [3.8, 4) is 5.75 Å². The number of methoxy groups -OCH3 is 1. The molecule has 0 bridgehead atoms. The number of para-hydroxylation sites is 1. The fourth-order valence-electron chi connectivity index (χ4n) is 2.63. The average molecular weight is 360 g/mol. The Kier molecular flexibility index (Phi) is 3.62. The van der Waals surface area contributed by atoms with Crippen LogP contribution in [0.2, 0.25) is 0 Å². The number of carbonyl (C=O) groups is 1. The zero-order valence-electron chi connectivity index (χ0n) is 11.7. The van der Waals surface area contributed by atoms with Gasteiger partial charge in [-0.25, -0.2) is 0 Å². The van der Waals surface area contributed by atoms with Crippen molar-refractivity contribution in [2.75, 3.05) is 7.11 Å². The van der Waals surface area contributed by atoms with Gasteiger partial charge in [0.1, 0.15) is 5.75 Å². The van der Waals surface area contributed by atoms with Crippen molar-refractivity contribution in [1.29, 1.82) is 0 Å². The predicted octanol–water partition coefficient (Wildman–Crippen LogP) is 1.55. The van der Waals surface area contributed by atoms with Crippen LogP contribution in [0.25, 0.3) is 0 Å². The summed E-state index contributed by atoms with van der Waals surface area (Å²) in [4.78, 5) is 16.7. The van der Waals surface area contributed by atoms with Gasteiger partial charge in [-0.1, -0.05) is 52.3 Å². The first-order chi connectivity index (χ1) is 10.6. The molecule has 3 rings (SSSR count). The smallest absolute Gasteiger partial charge is 0.262 e. The van der Waals surface area contributed by atoms with Gasteiger partial charge in [0.05, 0.1) is 13.1 Å². The molecule has 0 spiro atoms. The minimum Gasteiger partial charge on any atom is -0.846 e. The Balaban J connectivity index is 2.35. The second kappa shape index (κ2) is 5.46. The number of aliphatic imine (C=N–C) groups is 1. The number of hydrogen-bond acceptors (Lipinski definition) is 4. The molecule has 0 saturated carbocycles. The van der Waals surface area contributed by atoms with E-state index < -0.39 is 17.5 Å². The number of rotatable bonds is 3. The summed E-state index contributed by atoms with van der Waals surface area (Å²) in [5.74, 6) is 0.000697. The van der Waals surface area contributed by atoms with Crippen LogP contribution >= 0.6 is 15.9 Å². The molecule has 6 heteroatoms. The van der Waals surface area contributed by atoms with Gasteiger partial charge in [0.2, 0.25) is 0 Å². The second-order valence-corrected chi connectivity index (χ2v) is 5.62. The van der Waals surface area contributed by atoms with Crippen LogP contribution in [0.4, 0.5) is 0 Å². The van der Waals surface area contributed by atoms with Crippen LogP contribution in [0, 0.1) is 0 Å². The maximum atomic E-state index is 12.6. The van der Waals surface area contributed by atoms with Crippen LogP contribution in [0.3, 0.4) is 0 Å². The summed E-state index contributed by atoms with van der Waals surface area (Å²) in [6.07, 6.45) is 0. The minimum atomic E-state index is -1.45. The number of halogens is 1. The molecule has 1 heterocycles. The van der Waals surface area contributed by atoms with Gasteiger partial charge in [-0.3, -0.25) is 9.79 Å². The summed E-state index contributed by atoms with van der Waals surface area (Å²) in [6.45, 7) is 0. The van der Waals surface area contributed by atoms with E-state index in [4.69, 9.17) is 4.74 Å². The van der Waals surface area contributed by atoms with Gasteiger partial charge in [0, 0.05) is 15.6 Å². The maximum absolute atomic E-state index is 12.6. The number of amidine groups is 1. The van der Waals surface area contributed by atoms with Crippen molar-refractivity contribution in [1.82, 2.24) is 5.32 Å². The molecule has 1 aliphatic rings. The number of hydrogen-bond donors (Lipinski definition) is 1. The Hall–Kier alpha value is -2.34. The molecule has 22 heavy (non-hydrogen) atoms. The van der Waals surface area contributed by atoms with E-state index in [9.17, 15) is 9.90 Å². The highest BCUT2D eigenvalue weighted by Gasteiger charge is 2.48. The monoisotopic (exact) mass is 359 g/mol. The molecule has 1 unspecified atom stereocenters. The molecule has 2 aromatic rings. The molecule has 1 N–H and O–H groups in total. The summed E-state index contributed by atoms with van der Waals surface area (Å²) >= 11 is 3.44. The number of nitrogens with zero attached hydrogens (tertiary/aromatic N) is 1. The lowest BCUT2D eigenvalue weighted by atomic mass is 9.82. The van der Waals surface area contributed by atoms with E-state index in [2.05, 4.69) is 26.2 Å². The highest BCUT2D eigenvalue weighted by molar-refractivity contribution is 9.10. The normalized spacial score (nSPS) is 20.5. The Morgan fingerprint density at radius 2 is 1.77 bits per heavy atom. The first-order valence-electron chi connectivity index (χ1n) is 6.56. The third kappa shape index (κ3) is 2.07. The van der Waals surface area contributed by atoms with Gasteiger partial charge in [0.25, 0.3) is 5.91 Å². The van der Waals surface area contributed by atoms with Crippen molar-refractivity contribution < 1.29 is 14.6 Å². The van der Waals surface area contributed by atoms with E-state index >= 15 is 0 Å². The standard InChI is InChI=1S/C16H13BrN2O3/c1-22-13-9-5-3-7-11(13)16(14(20)18-15(21)19-16)10-6-2-4-8-12(10)17/h2-9H,1H3,(H2,18,19,20,21)/p-1. The lowest BCUT2D eigenvalue weighted by molar-refractivity contribution is -0.220. The van der Waals surface area contributed by atoms with E-state index in [1.54, 1.807) is 42.5 Å². The molecular weight excluding hydrogens is 348 g/mol. The summed E-state index contributed by atoms with van der Waals surface area (Å²) < 4.78 is 6.05. The number of benzene rings is 2. The number of amides is 1. The number of nitrogens with one attached hydrogen (secondary N) is 1. The van der Waals surface area contributed by atoms with Crippen LogP contribution in [-0.4, -0.2) is 19.0 Å². The van der Waals surface area contributed by atoms with Crippen LogP contribution in [0.15, 0.2) is 58.0 Å². The van der Waals surface area contributed by atoms with Crippen molar-refractivity contribution in [3.05, 3.63) is 64.1 Å². The highest BCUT2D eigenvalue weighted by Crippen LogP contribution is 2.43. The van der Waals surface area contributed by atoms with Crippen molar-refractivity contribution in [2.24, 2.45) is 4.99 Å². The van der Waals surface area contributed by atoms with Gasteiger partial charge in [-0.05, 0) is 12.1 Å². The topological polar surface area (TPSA) is 73.8 Å². The zero-order chi connectivity index (χ0) is 15.7. The largest absolute Gasteiger partial charge is 0.846 e. The fraction of sp³-hybridized carbons (Fsp3) is 0.125. The van der Waals surface area contributed by atoms with E-state index in [1.807, 2.05) is 6.07 Å². The summed E-state index contributed by atoms with van der Waals surface area (Å²) in [7, 11) is 1.52. The van der Waals surface area contributed by atoms with E-state index in [1.165, 1.54) is 7.11 Å². The molecule has 0 saturated heterocycles. The summed E-state index contributed by atoms with van der Waals surface area (Å²) in [6, 6.07) is 13.6. The third-order valence-electron chi connectivity index (χ3n) is 3.58. The summed E-state index contributed by atoms with van der Waals surface area (Å²) in [5, 5.41) is 14.0. The van der Waals surface area contributed by atoms with Gasteiger partial charge in [-0.2, -0.15) is 0 Å². The Morgan fingerprint density at radius 3 is 2.36 bits per heavy atom. The molecule has 2 aromatic carbocycles. The molecule has 1 amide bonds. The van der Waals surface area contributed by atoms with Gasteiger partial charge < -0.3 is 15.2 Å². The van der Waals surface area contributed by atoms with Crippen molar-refractivity contribution >= 4 is 27.9 Å². The van der Waals surface area contributed by atoms with Crippen LogP contribution in [-0.2, 0) is 10.3 Å². The fourth-order valence-corrected chi connectivity index (χ4v) is 3.20. The molecular formula is C16H12BrN2O3-. The van der Waals surface area contributed by atoms with E-state index in [0.717, 1.165) is 0 Å². The summed E-state index contributed by atoms with van der Waals surface area (Å²) in [5.41, 5.74) is -0.348. The van der Waals surface area contributed by atoms with Gasteiger partial charge >= 0.3 is 0 Å². The maximum Gasteiger partial charge on any atom is 0.262 e. The van der Waals surface area contributed by atoms with Gasteiger partial charge in [-0.15, -0.1) is 0 Å². The average Bonchev–Trinajstić information content (AvgIpc) is 2.83. The Morgan fingerprint density at radius 1 is 1.14 bits per heavy atom. The van der Waals surface area contributed by atoms with Crippen molar-refractivity contribution in [2.45, 2.75) is 5.54 Å². The zero-order valence-corrected chi connectivity index (χ0v) is 13.3. The molecule has 112 valence electrons. The van der Waals surface area contributed by atoms with E-state index in [0.29, 0.717) is 21.3 Å². The second-order valence-electron chi connectivity index (χ2n) is 4.76. The van der Waals surface area contributed by atoms with Crippen molar-refractivity contribution in [3.63, 3.8) is 0 Å². The predicted molar refractivity (Wildman–Crippen MR) is 83.5 cm³/mol. The Labute approximate surface area is 135 Å². The number of ether oxygens (including phenoxy) is 1. The minimum absolute atomic E-state index is 0.492. The van der Waals surface area contributed by atoms with E-state index in [-0.39, 0.29) is 0 Å². The quantitative estimate of drug-likeness (QED) is 0.903.